The highest BCUT2D eigenvalue weighted by Gasteiger charge is 2.44. The summed E-state index contributed by atoms with van der Waals surface area (Å²) in [5.41, 5.74) is 2.73. The predicted molar refractivity (Wildman–Crippen MR) is 138 cm³/mol. The van der Waals surface area contributed by atoms with Crippen LogP contribution in [0.2, 0.25) is 18.1 Å². The zero-order valence-electron chi connectivity index (χ0n) is 20.2. The van der Waals surface area contributed by atoms with Crippen molar-refractivity contribution in [3.63, 3.8) is 0 Å². The quantitative estimate of drug-likeness (QED) is 0.306. The van der Waals surface area contributed by atoms with Gasteiger partial charge in [0.15, 0.2) is 11.5 Å². The molecule has 0 aromatic heterocycles. The highest BCUT2D eigenvalue weighted by atomic mass is 28.3. The Balaban J connectivity index is 1.65. The number of ether oxygens (including phenoxy) is 2. The monoisotopic (exact) mass is 462 g/mol. The molecule has 4 nitrogen and oxygen atoms in total. The van der Waals surface area contributed by atoms with E-state index in [1.165, 1.54) is 0 Å². The van der Waals surface area contributed by atoms with Crippen molar-refractivity contribution in [3.8, 4) is 0 Å². The fourth-order valence-electron chi connectivity index (χ4n) is 4.34. The first-order valence-corrected chi connectivity index (χ1v) is 14.5. The SMILES string of the molecule is CC(C)(C)[Si](C)(C)c1cc2ccccc2c2c1C(O)=C(O)C2OCCOCc1ccccc1. The largest absolute Gasteiger partial charge is 0.506 e. The summed E-state index contributed by atoms with van der Waals surface area (Å²) in [6.45, 7) is 12.6. The predicted octanol–water partition coefficient (Wildman–Crippen LogP) is 6.63. The first kappa shape index (κ1) is 23.6. The van der Waals surface area contributed by atoms with E-state index in [4.69, 9.17) is 9.47 Å². The van der Waals surface area contributed by atoms with E-state index in [-0.39, 0.29) is 16.6 Å². The maximum atomic E-state index is 11.1. The van der Waals surface area contributed by atoms with E-state index < -0.39 is 14.2 Å². The van der Waals surface area contributed by atoms with E-state index in [2.05, 4.69) is 46.0 Å². The third-order valence-corrected chi connectivity index (χ3v) is 12.7. The average Bonchev–Trinajstić information content (AvgIpc) is 3.03. The van der Waals surface area contributed by atoms with Gasteiger partial charge in [-0.3, -0.25) is 0 Å². The van der Waals surface area contributed by atoms with Crippen LogP contribution in [0.4, 0.5) is 0 Å². The van der Waals surface area contributed by atoms with Gasteiger partial charge >= 0.3 is 0 Å². The third-order valence-electron chi connectivity index (χ3n) is 7.25. The van der Waals surface area contributed by atoms with Gasteiger partial charge < -0.3 is 19.7 Å². The smallest absolute Gasteiger partial charge is 0.168 e. The summed E-state index contributed by atoms with van der Waals surface area (Å²) in [4.78, 5) is 0. The molecule has 1 unspecified atom stereocenters. The average molecular weight is 463 g/mol. The van der Waals surface area contributed by atoms with Crippen LogP contribution in [0.1, 0.15) is 43.6 Å². The number of benzene rings is 3. The van der Waals surface area contributed by atoms with Crippen LogP contribution in [0.25, 0.3) is 16.5 Å². The van der Waals surface area contributed by atoms with Crippen molar-refractivity contribution < 1.29 is 19.7 Å². The number of hydrogen-bond acceptors (Lipinski definition) is 4. The minimum atomic E-state index is -2.02. The third kappa shape index (κ3) is 4.33. The molecule has 0 amide bonds. The van der Waals surface area contributed by atoms with Crippen LogP contribution in [0.15, 0.2) is 66.4 Å². The summed E-state index contributed by atoms with van der Waals surface area (Å²) in [6, 6.07) is 20.4. The minimum absolute atomic E-state index is 0.0502. The Kier molecular flexibility index (Phi) is 6.40. The maximum Gasteiger partial charge on any atom is 0.168 e. The van der Waals surface area contributed by atoms with Crippen molar-refractivity contribution in [2.45, 2.75) is 51.6 Å². The normalized spacial score (nSPS) is 16.5. The van der Waals surface area contributed by atoms with Crippen molar-refractivity contribution in [2.75, 3.05) is 13.2 Å². The van der Waals surface area contributed by atoms with Crippen LogP contribution in [-0.2, 0) is 16.1 Å². The Bertz CT molecular complexity index is 1180. The van der Waals surface area contributed by atoms with Gasteiger partial charge in [-0.15, -0.1) is 0 Å². The van der Waals surface area contributed by atoms with Crippen LogP contribution in [0.5, 0.6) is 0 Å². The lowest BCUT2D eigenvalue weighted by molar-refractivity contribution is 0.000863. The van der Waals surface area contributed by atoms with Crippen molar-refractivity contribution in [1.29, 1.82) is 0 Å². The second-order valence-corrected chi connectivity index (χ2v) is 15.6. The van der Waals surface area contributed by atoms with E-state index >= 15 is 0 Å². The van der Waals surface area contributed by atoms with E-state index in [0.717, 1.165) is 32.6 Å². The molecule has 3 aromatic carbocycles. The molecule has 4 rings (SSSR count). The molecule has 3 aromatic rings. The molecule has 0 heterocycles. The zero-order valence-corrected chi connectivity index (χ0v) is 21.2. The maximum absolute atomic E-state index is 11.1. The molecule has 1 aliphatic carbocycles. The van der Waals surface area contributed by atoms with E-state index in [0.29, 0.717) is 19.8 Å². The second-order valence-electron chi connectivity index (χ2n) is 10.3. The molecule has 0 aliphatic heterocycles. The summed E-state index contributed by atoms with van der Waals surface area (Å²) in [5.74, 6) is -0.157. The Hall–Kier alpha value is -2.60. The molecule has 174 valence electrons. The van der Waals surface area contributed by atoms with Crippen LogP contribution in [0, 0.1) is 0 Å². The molecular formula is C28H34O4Si. The van der Waals surface area contributed by atoms with Gasteiger partial charge in [0, 0.05) is 11.1 Å². The molecule has 2 N–H and O–H groups in total. The summed E-state index contributed by atoms with van der Waals surface area (Å²) in [7, 11) is -2.02. The van der Waals surface area contributed by atoms with Gasteiger partial charge in [0.2, 0.25) is 0 Å². The van der Waals surface area contributed by atoms with Gasteiger partial charge in [-0.25, -0.2) is 0 Å². The van der Waals surface area contributed by atoms with Gasteiger partial charge in [0.05, 0.1) is 27.9 Å². The van der Waals surface area contributed by atoms with Crippen molar-refractivity contribution in [2.24, 2.45) is 0 Å². The Labute approximate surface area is 197 Å². The lowest BCUT2D eigenvalue weighted by atomic mass is 9.98. The lowest BCUT2D eigenvalue weighted by Gasteiger charge is -2.39. The summed E-state index contributed by atoms with van der Waals surface area (Å²) in [5, 5.41) is 25.4. The number of hydrogen-bond donors (Lipinski definition) is 2. The van der Waals surface area contributed by atoms with Gasteiger partial charge in [-0.05, 0) is 26.6 Å². The van der Waals surface area contributed by atoms with E-state index in [9.17, 15) is 10.2 Å². The fraction of sp³-hybridized carbons (Fsp3) is 0.357. The van der Waals surface area contributed by atoms with Gasteiger partial charge in [-0.1, -0.05) is 94.5 Å². The second kappa shape index (κ2) is 8.97. The molecule has 1 aliphatic rings. The Morgan fingerprint density at radius 3 is 2.27 bits per heavy atom. The van der Waals surface area contributed by atoms with E-state index in [1.807, 2.05) is 48.5 Å². The zero-order chi connectivity index (χ0) is 23.8. The number of fused-ring (bicyclic) bond motifs is 3. The number of rotatable bonds is 7. The Morgan fingerprint density at radius 1 is 0.909 bits per heavy atom. The van der Waals surface area contributed by atoms with E-state index in [1.54, 1.807) is 0 Å². The van der Waals surface area contributed by atoms with Gasteiger partial charge in [-0.2, -0.15) is 0 Å². The Morgan fingerprint density at radius 2 is 1.58 bits per heavy atom. The topological polar surface area (TPSA) is 58.9 Å². The summed E-state index contributed by atoms with van der Waals surface area (Å²) < 4.78 is 11.9. The number of aliphatic hydroxyl groups is 2. The first-order chi connectivity index (χ1) is 15.6. The van der Waals surface area contributed by atoms with Gasteiger partial charge in [0.1, 0.15) is 6.10 Å². The molecule has 0 saturated carbocycles. The molecule has 5 heteroatoms. The molecule has 0 spiro atoms. The molecule has 0 radical (unpaired) electrons. The number of aliphatic hydroxyl groups excluding tert-OH is 2. The lowest BCUT2D eigenvalue weighted by Crippen LogP contribution is -2.51. The van der Waals surface area contributed by atoms with Crippen molar-refractivity contribution in [1.82, 2.24) is 0 Å². The van der Waals surface area contributed by atoms with Crippen LogP contribution in [-0.4, -0.2) is 31.5 Å². The molecule has 0 bridgehead atoms. The van der Waals surface area contributed by atoms with Crippen molar-refractivity contribution >= 4 is 29.8 Å². The van der Waals surface area contributed by atoms with Crippen molar-refractivity contribution in [3.05, 3.63) is 83.1 Å². The summed E-state index contributed by atoms with van der Waals surface area (Å²) in [6.07, 6.45) is -0.699. The molecule has 0 fully saturated rings. The molecular weight excluding hydrogens is 428 g/mol. The fourth-order valence-corrected chi connectivity index (χ4v) is 6.54. The van der Waals surface area contributed by atoms with Gasteiger partial charge in [0.25, 0.3) is 0 Å². The standard InChI is InChI=1S/C28H34O4Si/c1-28(2,3)33(4,5)22-17-20-13-9-10-14-21(20)23-24(22)25(29)26(30)27(23)32-16-15-31-18-19-11-7-6-8-12-19/h6-14,17,27,29-30H,15-16,18H2,1-5H3. The van der Waals surface area contributed by atoms with Crippen LogP contribution in [0.3, 0.4) is 0 Å². The van der Waals surface area contributed by atoms with Crippen LogP contribution < -0.4 is 5.19 Å². The molecule has 0 saturated heterocycles. The van der Waals surface area contributed by atoms with Crippen LogP contribution >= 0.6 is 0 Å². The molecule has 1 atom stereocenters. The highest BCUT2D eigenvalue weighted by Crippen LogP contribution is 2.46. The highest BCUT2D eigenvalue weighted by molar-refractivity contribution is 6.92. The summed E-state index contributed by atoms with van der Waals surface area (Å²) >= 11 is 0. The first-order valence-electron chi connectivity index (χ1n) is 11.5. The molecule has 33 heavy (non-hydrogen) atoms. The minimum Gasteiger partial charge on any atom is -0.506 e.